The zero-order chi connectivity index (χ0) is 15.1. The summed E-state index contributed by atoms with van der Waals surface area (Å²) >= 11 is 0. The van der Waals surface area contributed by atoms with E-state index in [1.54, 1.807) is 0 Å². The van der Waals surface area contributed by atoms with Gasteiger partial charge in [-0.05, 0) is 47.8 Å². The quantitative estimate of drug-likeness (QED) is 0.574. The van der Waals surface area contributed by atoms with Crippen LogP contribution in [0.1, 0.15) is 56.7 Å². The first-order chi connectivity index (χ1) is 10.1. The van der Waals surface area contributed by atoms with Gasteiger partial charge in [0.15, 0.2) is 0 Å². The van der Waals surface area contributed by atoms with Crippen LogP contribution in [-0.2, 0) is 18.3 Å². The number of benzene rings is 2. The van der Waals surface area contributed by atoms with Crippen LogP contribution in [0.2, 0.25) is 0 Å². The fourth-order valence-electron chi connectivity index (χ4n) is 2.65. The van der Waals surface area contributed by atoms with Crippen LogP contribution in [0, 0.1) is 0 Å². The average Bonchev–Trinajstić information content (AvgIpc) is 2.47. The summed E-state index contributed by atoms with van der Waals surface area (Å²) in [4.78, 5) is 0. The van der Waals surface area contributed by atoms with E-state index in [0.29, 0.717) is 0 Å². The second kappa shape index (κ2) is 7.45. The van der Waals surface area contributed by atoms with Crippen molar-refractivity contribution in [1.29, 1.82) is 0 Å². The van der Waals surface area contributed by atoms with E-state index in [1.807, 2.05) is 0 Å². The summed E-state index contributed by atoms with van der Waals surface area (Å²) in [5.41, 5.74) is 4.62. The Labute approximate surface area is 130 Å². The third kappa shape index (κ3) is 5.38. The molecule has 0 aliphatic rings. The largest absolute Gasteiger partial charge is 0.0622 e. The number of rotatable bonds is 6. The molecule has 2 aromatic rings. The average molecular weight is 280 g/mol. The van der Waals surface area contributed by atoms with E-state index in [0.717, 1.165) is 0 Å². The van der Waals surface area contributed by atoms with Gasteiger partial charge in [0, 0.05) is 0 Å². The Morgan fingerprint density at radius 3 is 1.67 bits per heavy atom. The van der Waals surface area contributed by atoms with E-state index in [4.69, 9.17) is 0 Å². The van der Waals surface area contributed by atoms with E-state index < -0.39 is 0 Å². The maximum Gasteiger partial charge on any atom is -0.0132 e. The Kier molecular flexibility index (Phi) is 5.61. The summed E-state index contributed by atoms with van der Waals surface area (Å²) in [5, 5.41) is 0. The molecule has 0 fully saturated rings. The molecule has 0 saturated heterocycles. The Hall–Kier alpha value is -1.56. The van der Waals surface area contributed by atoms with Crippen molar-refractivity contribution in [3.63, 3.8) is 0 Å². The molecular weight excluding hydrogens is 252 g/mol. The summed E-state index contributed by atoms with van der Waals surface area (Å²) in [6, 6.07) is 20.0. The van der Waals surface area contributed by atoms with Crippen LogP contribution < -0.4 is 0 Å². The summed E-state index contributed by atoms with van der Waals surface area (Å²) in [6.07, 6.45) is 6.32. The van der Waals surface area contributed by atoms with Gasteiger partial charge in [-0.3, -0.25) is 0 Å². The molecule has 0 saturated carbocycles. The van der Waals surface area contributed by atoms with Crippen molar-refractivity contribution < 1.29 is 0 Å². The van der Waals surface area contributed by atoms with Gasteiger partial charge in [0.25, 0.3) is 0 Å². The van der Waals surface area contributed by atoms with Crippen molar-refractivity contribution in [2.75, 3.05) is 0 Å². The van der Waals surface area contributed by atoms with Crippen molar-refractivity contribution in [3.8, 4) is 0 Å². The van der Waals surface area contributed by atoms with Gasteiger partial charge in [0.2, 0.25) is 0 Å². The molecule has 0 amide bonds. The van der Waals surface area contributed by atoms with Gasteiger partial charge in [-0.25, -0.2) is 0 Å². The molecule has 0 N–H and O–H groups in total. The highest BCUT2D eigenvalue weighted by Gasteiger charge is 2.12. The third-order valence-corrected chi connectivity index (χ3v) is 4.09. The van der Waals surface area contributed by atoms with E-state index in [-0.39, 0.29) is 5.41 Å². The molecule has 0 heteroatoms. The zero-order valence-corrected chi connectivity index (χ0v) is 13.7. The highest BCUT2D eigenvalue weighted by molar-refractivity contribution is 5.27. The van der Waals surface area contributed by atoms with Crippen LogP contribution in [-0.4, -0.2) is 0 Å². The van der Waals surface area contributed by atoms with Gasteiger partial charge in [-0.15, -0.1) is 0 Å². The van der Waals surface area contributed by atoms with Crippen molar-refractivity contribution in [2.24, 2.45) is 0 Å². The Morgan fingerprint density at radius 2 is 1.14 bits per heavy atom. The first-order valence-corrected chi connectivity index (χ1v) is 8.19. The molecule has 0 radical (unpaired) electrons. The van der Waals surface area contributed by atoms with Gasteiger partial charge in [-0.1, -0.05) is 81.8 Å². The predicted molar refractivity (Wildman–Crippen MR) is 92.8 cm³/mol. The first kappa shape index (κ1) is 15.8. The number of hydrogen-bond acceptors (Lipinski definition) is 0. The molecule has 2 rings (SSSR count). The monoisotopic (exact) mass is 280 g/mol. The molecule has 0 aliphatic carbocycles. The molecule has 0 nitrogen and oxygen atoms in total. The Morgan fingerprint density at radius 1 is 0.619 bits per heavy atom. The molecule has 2 aromatic carbocycles. The number of hydrogen-bond donors (Lipinski definition) is 0. The molecule has 112 valence electrons. The van der Waals surface area contributed by atoms with Gasteiger partial charge in [0.05, 0.1) is 0 Å². The highest BCUT2D eigenvalue weighted by Crippen LogP contribution is 2.22. The zero-order valence-electron chi connectivity index (χ0n) is 13.7. The fraction of sp³-hybridized carbons (Fsp3) is 0.429. The maximum absolute atomic E-state index is 2.30. The summed E-state index contributed by atoms with van der Waals surface area (Å²) in [6.45, 7) is 6.81. The summed E-state index contributed by atoms with van der Waals surface area (Å²) < 4.78 is 0. The lowest BCUT2D eigenvalue weighted by Gasteiger charge is -2.19. The second-order valence-corrected chi connectivity index (χ2v) is 6.99. The lowest BCUT2D eigenvalue weighted by molar-refractivity contribution is 0.589. The van der Waals surface area contributed by atoms with Crippen molar-refractivity contribution in [1.82, 2.24) is 0 Å². The molecule has 0 heterocycles. The molecule has 21 heavy (non-hydrogen) atoms. The van der Waals surface area contributed by atoms with Gasteiger partial charge < -0.3 is 0 Å². The van der Waals surface area contributed by atoms with Crippen LogP contribution in [0.5, 0.6) is 0 Å². The van der Waals surface area contributed by atoms with E-state index in [2.05, 4.69) is 75.4 Å². The molecule has 0 aromatic heterocycles. The molecule has 0 spiro atoms. The molecule has 0 atom stereocenters. The van der Waals surface area contributed by atoms with Gasteiger partial charge in [0.1, 0.15) is 0 Å². The normalized spacial score (nSPS) is 11.6. The van der Waals surface area contributed by atoms with Crippen molar-refractivity contribution in [2.45, 2.75) is 58.3 Å². The van der Waals surface area contributed by atoms with Crippen LogP contribution >= 0.6 is 0 Å². The van der Waals surface area contributed by atoms with E-state index in [9.17, 15) is 0 Å². The minimum absolute atomic E-state index is 0.258. The SMILES string of the molecule is CC(C)(C)c1ccc(CCCCCc2ccccc2)cc1. The minimum atomic E-state index is 0.258. The molecular formula is C21H28. The van der Waals surface area contributed by atoms with Crippen LogP contribution in [0.4, 0.5) is 0 Å². The number of aryl methyl sites for hydroxylation is 2. The van der Waals surface area contributed by atoms with E-state index in [1.165, 1.54) is 48.8 Å². The topological polar surface area (TPSA) is 0 Å². The van der Waals surface area contributed by atoms with Crippen molar-refractivity contribution in [3.05, 3.63) is 71.3 Å². The van der Waals surface area contributed by atoms with Crippen molar-refractivity contribution >= 4 is 0 Å². The van der Waals surface area contributed by atoms with Crippen LogP contribution in [0.25, 0.3) is 0 Å². The minimum Gasteiger partial charge on any atom is -0.0622 e. The Bertz CT molecular complexity index is 514. The van der Waals surface area contributed by atoms with E-state index >= 15 is 0 Å². The first-order valence-electron chi connectivity index (χ1n) is 8.19. The second-order valence-electron chi connectivity index (χ2n) is 6.99. The smallest absolute Gasteiger partial charge is 0.0132 e. The fourth-order valence-corrected chi connectivity index (χ4v) is 2.65. The van der Waals surface area contributed by atoms with Gasteiger partial charge in [-0.2, -0.15) is 0 Å². The summed E-state index contributed by atoms with van der Waals surface area (Å²) in [5.74, 6) is 0. The van der Waals surface area contributed by atoms with Gasteiger partial charge >= 0.3 is 0 Å². The lowest BCUT2D eigenvalue weighted by Crippen LogP contribution is -2.10. The lowest BCUT2D eigenvalue weighted by atomic mass is 9.86. The molecule has 0 bridgehead atoms. The van der Waals surface area contributed by atoms with Crippen LogP contribution in [0.3, 0.4) is 0 Å². The third-order valence-electron chi connectivity index (χ3n) is 4.09. The molecule has 0 unspecified atom stereocenters. The highest BCUT2D eigenvalue weighted by atomic mass is 14.2. The van der Waals surface area contributed by atoms with Crippen LogP contribution in [0.15, 0.2) is 54.6 Å². The number of unbranched alkanes of at least 4 members (excludes halogenated alkanes) is 2. The summed E-state index contributed by atoms with van der Waals surface area (Å²) in [7, 11) is 0. The maximum atomic E-state index is 2.30. The molecule has 0 aliphatic heterocycles. The standard InChI is InChI=1S/C21H28/c1-21(2,3)20-16-14-19(15-17-20)13-9-5-8-12-18-10-6-4-7-11-18/h4,6-7,10-11,14-17H,5,8-9,12-13H2,1-3H3. The predicted octanol–water partition coefficient (Wildman–Crippen LogP) is 5.94. The Balaban J connectivity index is 1.69.